The summed E-state index contributed by atoms with van der Waals surface area (Å²) in [5.41, 5.74) is 1.68. The molecule has 0 radical (unpaired) electrons. The van der Waals surface area contributed by atoms with Gasteiger partial charge in [0.05, 0.1) is 23.4 Å². The van der Waals surface area contributed by atoms with Crippen LogP contribution in [-0.4, -0.2) is 51.8 Å². The normalized spacial score (nSPS) is 15.5. The lowest BCUT2D eigenvalue weighted by atomic mass is 9.97. The van der Waals surface area contributed by atoms with Gasteiger partial charge in [-0.3, -0.25) is 19.1 Å². The molecule has 2 aliphatic rings. The second-order valence-corrected chi connectivity index (χ2v) is 9.95. The van der Waals surface area contributed by atoms with E-state index in [4.69, 9.17) is 9.72 Å². The van der Waals surface area contributed by atoms with E-state index in [0.717, 1.165) is 41.8 Å². The van der Waals surface area contributed by atoms with Gasteiger partial charge in [0.25, 0.3) is 5.56 Å². The molecule has 0 unspecified atom stereocenters. The molecule has 0 atom stereocenters. The number of thiophene rings is 1. The van der Waals surface area contributed by atoms with Gasteiger partial charge in [-0.05, 0) is 62.4 Å². The number of rotatable bonds is 6. The van der Waals surface area contributed by atoms with Crippen molar-refractivity contribution in [2.45, 2.75) is 37.8 Å². The number of ether oxygens (including phenoxy) is 1. The van der Waals surface area contributed by atoms with Crippen LogP contribution in [0.5, 0.6) is 5.75 Å². The molecule has 0 spiro atoms. The fraction of sp³-hybridized carbons (Fsp3) is 0.391. The number of aryl methyl sites for hydroxylation is 2. The number of thioether (sulfide) groups is 1. The molecule has 1 saturated heterocycles. The van der Waals surface area contributed by atoms with Crippen molar-refractivity contribution in [3.8, 4) is 11.4 Å². The highest BCUT2D eigenvalue weighted by Gasteiger charge is 2.27. The van der Waals surface area contributed by atoms with Gasteiger partial charge in [-0.2, -0.15) is 0 Å². The Labute approximate surface area is 198 Å². The minimum Gasteiger partial charge on any atom is -0.494 e. The van der Waals surface area contributed by atoms with Gasteiger partial charge < -0.3 is 10.1 Å². The monoisotopic (exact) mass is 484 g/mol. The predicted octanol–water partition coefficient (Wildman–Crippen LogP) is 3.37. The quantitative estimate of drug-likeness (QED) is 0.426. The molecule has 1 N–H and O–H groups in total. The summed E-state index contributed by atoms with van der Waals surface area (Å²) in [6.07, 6.45) is 4.07. The van der Waals surface area contributed by atoms with E-state index >= 15 is 0 Å². The summed E-state index contributed by atoms with van der Waals surface area (Å²) >= 11 is 2.77. The summed E-state index contributed by atoms with van der Waals surface area (Å²) in [5, 5.41) is 3.78. The smallest absolute Gasteiger partial charge is 0.324 e. The van der Waals surface area contributed by atoms with Crippen molar-refractivity contribution in [2.75, 3.05) is 25.4 Å². The molecular weight excluding hydrogens is 460 g/mol. The van der Waals surface area contributed by atoms with Crippen LogP contribution in [-0.2, 0) is 17.6 Å². The van der Waals surface area contributed by atoms with Crippen molar-refractivity contribution in [2.24, 2.45) is 0 Å². The summed E-state index contributed by atoms with van der Waals surface area (Å²) in [4.78, 5) is 46.2. The van der Waals surface area contributed by atoms with Crippen LogP contribution in [0.15, 0.2) is 34.2 Å². The van der Waals surface area contributed by atoms with Gasteiger partial charge >= 0.3 is 6.03 Å². The molecule has 33 heavy (non-hydrogen) atoms. The van der Waals surface area contributed by atoms with E-state index in [1.54, 1.807) is 15.9 Å². The van der Waals surface area contributed by atoms with Gasteiger partial charge in [-0.25, -0.2) is 9.78 Å². The molecular formula is C23H24N4O4S2. The molecule has 8 nitrogen and oxygen atoms in total. The topological polar surface area (TPSA) is 93.5 Å². The maximum Gasteiger partial charge on any atom is 0.324 e. The fourth-order valence-corrected chi connectivity index (χ4v) is 6.47. The molecule has 1 aliphatic carbocycles. The fourth-order valence-electron chi connectivity index (χ4n) is 4.28. The number of urea groups is 1. The number of nitrogens with zero attached hydrogens (tertiary/aromatic N) is 3. The van der Waals surface area contributed by atoms with E-state index in [1.807, 2.05) is 31.2 Å². The Morgan fingerprint density at radius 2 is 2.00 bits per heavy atom. The molecule has 3 amide bonds. The van der Waals surface area contributed by atoms with Gasteiger partial charge in [0.1, 0.15) is 10.6 Å². The van der Waals surface area contributed by atoms with Crippen LogP contribution in [0.2, 0.25) is 0 Å². The number of hydrogen-bond donors (Lipinski definition) is 1. The zero-order valence-corrected chi connectivity index (χ0v) is 19.9. The Morgan fingerprint density at radius 3 is 2.73 bits per heavy atom. The predicted molar refractivity (Wildman–Crippen MR) is 129 cm³/mol. The highest BCUT2D eigenvalue weighted by atomic mass is 32.2. The van der Waals surface area contributed by atoms with E-state index in [0.29, 0.717) is 35.9 Å². The van der Waals surface area contributed by atoms with Crippen molar-refractivity contribution >= 4 is 45.3 Å². The minimum atomic E-state index is -0.376. The minimum absolute atomic E-state index is 0.0213. The van der Waals surface area contributed by atoms with Gasteiger partial charge in [0.2, 0.25) is 5.91 Å². The zero-order chi connectivity index (χ0) is 22.9. The lowest BCUT2D eigenvalue weighted by Crippen LogP contribution is -2.35. The molecule has 0 saturated carbocycles. The largest absolute Gasteiger partial charge is 0.494 e. The van der Waals surface area contributed by atoms with Crippen molar-refractivity contribution in [3.63, 3.8) is 0 Å². The molecule has 1 aromatic carbocycles. The number of benzene rings is 1. The van der Waals surface area contributed by atoms with Crippen molar-refractivity contribution in [1.29, 1.82) is 0 Å². The van der Waals surface area contributed by atoms with Gasteiger partial charge in [0.15, 0.2) is 5.16 Å². The summed E-state index contributed by atoms with van der Waals surface area (Å²) in [7, 11) is 0. The van der Waals surface area contributed by atoms with Gasteiger partial charge in [0, 0.05) is 18.0 Å². The number of nitrogens with one attached hydrogen (secondary N) is 1. The number of fused-ring (bicyclic) bond motifs is 3. The van der Waals surface area contributed by atoms with Crippen LogP contribution in [0.3, 0.4) is 0 Å². The van der Waals surface area contributed by atoms with Crippen LogP contribution in [0.25, 0.3) is 15.9 Å². The van der Waals surface area contributed by atoms with Crippen LogP contribution in [0, 0.1) is 0 Å². The zero-order valence-electron chi connectivity index (χ0n) is 18.3. The Kier molecular flexibility index (Phi) is 6.11. The first kappa shape index (κ1) is 22.0. The molecule has 1 aliphatic heterocycles. The first-order valence-electron chi connectivity index (χ1n) is 11.1. The standard InChI is InChI=1S/C23H24N4O4S2/c1-2-31-15-9-7-14(8-10-15)27-21(29)19-16-5-3-4-6-17(16)33-20(19)25-23(27)32-13-18(28)26-12-11-24-22(26)30/h7-10H,2-6,11-13H2,1H3,(H,24,30). The van der Waals surface area contributed by atoms with Crippen molar-refractivity contribution in [3.05, 3.63) is 45.1 Å². The SMILES string of the molecule is CCOc1ccc(-n2c(SCC(=O)N3CCNC3=O)nc3sc4c(c3c2=O)CCCC4)cc1. The molecule has 172 valence electrons. The molecule has 10 heteroatoms. The second kappa shape index (κ2) is 9.18. The number of carbonyl (C=O) groups excluding carboxylic acids is 2. The summed E-state index contributed by atoms with van der Waals surface area (Å²) in [5.74, 6) is 0.446. The summed E-state index contributed by atoms with van der Waals surface area (Å²) in [6.45, 7) is 3.29. The van der Waals surface area contributed by atoms with Crippen LogP contribution in [0.1, 0.15) is 30.2 Å². The van der Waals surface area contributed by atoms with E-state index in [2.05, 4.69) is 5.32 Å². The van der Waals surface area contributed by atoms with Crippen LogP contribution >= 0.6 is 23.1 Å². The Bertz CT molecular complexity index is 1280. The third-order valence-electron chi connectivity index (χ3n) is 5.85. The lowest BCUT2D eigenvalue weighted by molar-refractivity contribution is -0.124. The number of amides is 3. The Morgan fingerprint density at radius 1 is 1.21 bits per heavy atom. The van der Waals surface area contributed by atoms with Crippen LogP contribution in [0.4, 0.5) is 4.79 Å². The van der Waals surface area contributed by atoms with E-state index in [9.17, 15) is 14.4 Å². The van der Waals surface area contributed by atoms with E-state index in [1.165, 1.54) is 21.5 Å². The molecule has 5 rings (SSSR count). The summed E-state index contributed by atoms with van der Waals surface area (Å²) in [6, 6.07) is 6.94. The molecule has 3 aromatic rings. The number of carbonyl (C=O) groups is 2. The van der Waals surface area contributed by atoms with E-state index in [-0.39, 0.29) is 23.3 Å². The van der Waals surface area contributed by atoms with Crippen LogP contribution < -0.4 is 15.6 Å². The first-order valence-corrected chi connectivity index (χ1v) is 12.9. The van der Waals surface area contributed by atoms with E-state index < -0.39 is 0 Å². The maximum atomic E-state index is 13.8. The Balaban J connectivity index is 1.57. The summed E-state index contributed by atoms with van der Waals surface area (Å²) < 4.78 is 7.13. The third kappa shape index (κ3) is 4.13. The van der Waals surface area contributed by atoms with Gasteiger partial charge in [-0.1, -0.05) is 11.8 Å². The van der Waals surface area contributed by atoms with Crippen molar-refractivity contribution < 1.29 is 14.3 Å². The average molecular weight is 485 g/mol. The van der Waals surface area contributed by atoms with Crippen molar-refractivity contribution in [1.82, 2.24) is 19.8 Å². The van der Waals surface area contributed by atoms with Gasteiger partial charge in [-0.15, -0.1) is 11.3 Å². The highest BCUT2D eigenvalue weighted by molar-refractivity contribution is 7.99. The lowest BCUT2D eigenvalue weighted by Gasteiger charge is -2.15. The molecule has 2 aromatic heterocycles. The first-order chi connectivity index (χ1) is 16.1. The number of imide groups is 1. The molecule has 3 heterocycles. The maximum absolute atomic E-state index is 13.8. The number of hydrogen-bond acceptors (Lipinski definition) is 7. The molecule has 0 bridgehead atoms. The molecule has 1 fully saturated rings. The average Bonchev–Trinajstić information content (AvgIpc) is 3.41. The number of aromatic nitrogens is 2. The highest BCUT2D eigenvalue weighted by Crippen LogP contribution is 2.35. The Hall–Kier alpha value is -2.85. The third-order valence-corrected chi connectivity index (χ3v) is 7.96. The second-order valence-electron chi connectivity index (χ2n) is 7.92.